The van der Waals surface area contributed by atoms with Gasteiger partial charge in [-0.15, -0.1) is 0 Å². The molecule has 1 unspecified atom stereocenters. The van der Waals surface area contributed by atoms with Crippen LogP contribution in [0.1, 0.15) is 0 Å². The Morgan fingerprint density at radius 3 is 2.12 bits per heavy atom. The predicted molar refractivity (Wildman–Crippen MR) is 54.9 cm³/mol. The van der Waals surface area contributed by atoms with Crippen molar-refractivity contribution in [1.29, 1.82) is 0 Å². The molecule has 0 bridgehead atoms. The summed E-state index contributed by atoms with van der Waals surface area (Å²) in [6, 6.07) is 0. The topological polar surface area (TPSA) is 110 Å². The number of hydrogen-bond donors (Lipinski definition) is 2. The maximum absolute atomic E-state index is 10.8. The minimum absolute atomic E-state index is 0.346. The number of hydrogen-bond acceptors (Lipinski definition) is 6. The third-order valence-corrected chi connectivity index (χ3v) is 1.36. The fourth-order valence-electron chi connectivity index (χ4n) is 0.651. The third kappa shape index (κ3) is 8.82. The van der Waals surface area contributed by atoms with Crippen LogP contribution in [0.2, 0.25) is 0 Å². The molecule has 2 N–H and O–H groups in total. The van der Waals surface area contributed by atoms with Crippen LogP contribution >= 0.6 is 0 Å². The first-order chi connectivity index (χ1) is 7.95. The van der Waals surface area contributed by atoms with Crippen LogP contribution in [-0.2, 0) is 23.9 Å². The van der Waals surface area contributed by atoms with Gasteiger partial charge in [-0.1, -0.05) is 6.58 Å². The molecule has 7 heteroatoms. The molecule has 0 aromatic rings. The van der Waals surface area contributed by atoms with Gasteiger partial charge < -0.3 is 19.7 Å². The van der Waals surface area contributed by atoms with Crippen LogP contribution in [0, 0.1) is 0 Å². The molecule has 94 valence electrons. The number of carbonyl (C=O) groups excluding carboxylic acids is 2. The molecule has 0 amide bonds. The fourth-order valence-corrected chi connectivity index (χ4v) is 0.651. The van der Waals surface area contributed by atoms with Crippen molar-refractivity contribution in [2.45, 2.75) is 6.10 Å². The molecule has 0 rings (SSSR count). The Morgan fingerprint density at radius 1 is 1.12 bits per heavy atom. The molecule has 17 heavy (non-hydrogen) atoms. The van der Waals surface area contributed by atoms with E-state index in [1.54, 1.807) is 0 Å². The molecular weight excluding hydrogens is 232 g/mol. The van der Waals surface area contributed by atoms with Crippen LogP contribution in [-0.4, -0.2) is 47.4 Å². The second-order valence-corrected chi connectivity index (χ2v) is 2.79. The average molecular weight is 244 g/mol. The smallest absolute Gasteiger partial charge is 0.331 e. The molecule has 0 aliphatic carbocycles. The Balaban J connectivity index is 3.80. The summed E-state index contributed by atoms with van der Waals surface area (Å²) in [6.07, 6.45) is 1.05. The molecule has 7 nitrogen and oxygen atoms in total. The Bertz CT molecular complexity index is 332. The quantitative estimate of drug-likeness (QED) is 0.448. The summed E-state index contributed by atoms with van der Waals surface area (Å²) in [4.78, 5) is 31.5. The molecule has 0 aromatic heterocycles. The zero-order chi connectivity index (χ0) is 13.3. The molecule has 0 spiro atoms. The van der Waals surface area contributed by atoms with Gasteiger partial charge in [-0.25, -0.2) is 14.4 Å². The highest BCUT2D eigenvalue weighted by atomic mass is 16.6. The molecule has 1 atom stereocenters. The van der Waals surface area contributed by atoms with E-state index < -0.39 is 30.6 Å². The SMILES string of the molecule is C=CC(=O)OCC(O)COC(=O)C=CC(=O)O. The molecule has 0 aromatic carbocycles. The summed E-state index contributed by atoms with van der Waals surface area (Å²) in [5.41, 5.74) is 0. The van der Waals surface area contributed by atoms with E-state index >= 15 is 0 Å². The molecular formula is C10H12O7. The van der Waals surface area contributed by atoms with Crippen LogP contribution in [0.3, 0.4) is 0 Å². The van der Waals surface area contributed by atoms with Gasteiger partial charge in [-0.05, 0) is 0 Å². The summed E-state index contributed by atoms with van der Waals surface area (Å²) < 4.78 is 8.94. The number of rotatable bonds is 7. The first kappa shape index (κ1) is 14.8. The van der Waals surface area contributed by atoms with E-state index in [0.29, 0.717) is 12.2 Å². The number of aliphatic carboxylic acids is 1. The van der Waals surface area contributed by atoms with Gasteiger partial charge in [0.15, 0.2) is 0 Å². The minimum atomic E-state index is -1.29. The summed E-state index contributed by atoms with van der Waals surface area (Å²) in [5.74, 6) is -2.91. The number of ether oxygens (including phenoxy) is 2. The molecule has 0 fully saturated rings. The highest BCUT2D eigenvalue weighted by Crippen LogP contribution is 1.91. The number of carbonyl (C=O) groups is 3. The Kier molecular flexibility index (Phi) is 7.04. The van der Waals surface area contributed by atoms with Gasteiger partial charge in [0.25, 0.3) is 0 Å². The van der Waals surface area contributed by atoms with E-state index in [9.17, 15) is 19.5 Å². The van der Waals surface area contributed by atoms with Crippen molar-refractivity contribution in [3.8, 4) is 0 Å². The normalized spacial score (nSPS) is 11.8. The highest BCUT2D eigenvalue weighted by molar-refractivity contribution is 5.90. The highest BCUT2D eigenvalue weighted by Gasteiger charge is 2.09. The lowest BCUT2D eigenvalue weighted by Gasteiger charge is -2.09. The van der Waals surface area contributed by atoms with E-state index in [4.69, 9.17) is 5.11 Å². The predicted octanol–water partition coefficient (Wildman–Crippen LogP) is -0.740. The van der Waals surface area contributed by atoms with E-state index in [2.05, 4.69) is 16.1 Å². The lowest BCUT2D eigenvalue weighted by molar-refractivity contribution is -0.146. The van der Waals surface area contributed by atoms with Crippen molar-refractivity contribution in [1.82, 2.24) is 0 Å². The minimum Gasteiger partial charge on any atom is -0.478 e. The second kappa shape index (κ2) is 8.05. The molecule has 0 saturated carbocycles. The van der Waals surface area contributed by atoms with Gasteiger partial charge in [0.1, 0.15) is 19.3 Å². The number of aliphatic hydroxyl groups excluding tert-OH is 1. The number of carboxylic acids is 1. The zero-order valence-corrected chi connectivity index (χ0v) is 8.87. The van der Waals surface area contributed by atoms with Crippen LogP contribution in [0.4, 0.5) is 0 Å². The molecule has 0 radical (unpaired) electrons. The van der Waals surface area contributed by atoms with E-state index in [1.807, 2.05) is 0 Å². The van der Waals surface area contributed by atoms with Crippen molar-refractivity contribution in [2.24, 2.45) is 0 Å². The van der Waals surface area contributed by atoms with E-state index in [-0.39, 0.29) is 6.61 Å². The first-order valence-electron chi connectivity index (χ1n) is 4.50. The van der Waals surface area contributed by atoms with Crippen LogP contribution in [0.5, 0.6) is 0 Å². The molecule has 0 heterocycles. The maximum Gasteiger partial charge on any atom is 0.331 e. The van der Waals surface area contributed by atoms with E-state index in [1.165, 1.54) is 0 Å². The fraction of sp³-hybridized carbons (Fsp3) is 0.300. The Morgan fingerprint density at radius 2 is 1.65 bits per heavy atom. The standard InChI is InChI=1S/C10H12O7/c1-2-9(14)16-5-7(11)6-17-10(15)4-3-8(12)13/h2-4,7,11H,1,5-6H2,(H,12,13). The third-order valence-electron chi connectivity index (χ3n) is 1.36. The largest absolute Gasteiger partial charge is 0.478 e. The van der Waals surface area contributed by atoms with Crippen molar-refractivity contribution in [3.05, 3.63) is 24.8 Å². The lowest BCUT2D eigenvalue weighted by atomic mass is 10.4. The zero-order valence-electron chi connectivity index (χ0n) is 8.87. The summed E-state index contributed by atoms with van der Waals surface area (Å²) in [7, 11) is 0. The Labute approximate surface area is 96.9 Å². The van der Waals surface area contributed by atoms with Gasteiger partial charge >= 0.3 is 17.9 Å². The number of esters is 2. The average Bonchev–Trinajstić information content (AvgIpc) is 2.30. The number of aliphatic hydroxyl groups is 1. The van der Waals surface area contributed by atoms with Gasteiger partial charge in [0.05, 0.1) is 0 Å². The van der Waals surface area contributed by atoms with Crippen molar-refractivity contribution >= 4 is 17.9 Å². The summed E-state index contributed by atoms with van der Waals surface area (Å²) in [6.45, 7) is 2.39. The van der Waals surface area contributed by atoms with Gasteiger partial charge in [-0.2, -0.15) is 0 Å². The van der Waals surface area contributed by atoms with Crippen molar-refractivity contribution in [2.75, 3.05) is 13.2 Å². The summed E-state index contributed by atoms with van der Waals surface area (Å²) >= 11 is 0. The number of carboxylic acid groups (broad SMARTS) is 1. The molecule has 0 saturated heterocycles. The van der Waals surface area contributed by atoms with Crippen LogP contribution < -0.4 is 0 Å². The monoisotopic (exact) mass is 244 g/mol. The first-order valence-corrected chi connectivity index (χ1v) is 4.50. The van der Waals surface area contributed by atoms with Crippen molar-refractivity contribution < 1.29 is 34.1 Å². The molecule has 0 aliphatic rings. The maximum atomic E-state index is 10.8. The lowest BCUT2D eigenvalue weighted by Crippen LogP contribution is -2.24. The van der Waals surface area contributed by atoms with Crippen LogP contribution in [0.25, 0.3) is 0 Å². The van der Waals surface area contributed by atoms with Crippen molar-refractivity contribution in [3.63, 3.8) is 0 Å². The Hall–Kier alpha value is -2.15. The second-order valence-electron chi connectivity index (χ2n) is 2.79. The van der Waals surface area contributed by atoms with Gasteiger partial charge in [-0.3, -0.25) is 0 Å². The van der Waals surface area contributed by atoms with Crippen LogP contribution in [0.15, 0.2) is 24.8 Å². The van der Waals surface area contributed by atoms with Gasteiger partial charge in [0, 0.05) is 18.2 Å². The van der Waals surface area contributed by atoms with E-state index in [0.717, 1.165) is 6.08 Å². The molecule has 0 aliphatic heterocycles. The summed E-state index contributed by atoms with van der Waals surface area (Å²) in [5, 5.41) is 17.4. The van der Waals surface area contributed by atoms with Gasteiger partial charge in [0.2, 0.25) is 0 Å².